The lowest BCUT2D eigenvalue weighted by Gasteiger charge is -2.32. The van der Waals surface area contributed by atoms with Crippen LogP contribution in [0.25, 0.3) is 20.7 Å². The van der Waals surface area contributed by atoms with Crippen molar-refractivity contribution in [2.75, 3.05) is 20.8 Å². The Morgan fingerprint density at radius 1 is 0.812 bits per heavy atom. The normalized spacial score (nSPS) is 11.4. The summed E-state index contributed by atoms with van der Waals surface area (Å²) in [6.07, 6.45) is 2.51. The van der Waals surface area contributed by atoms with Crippen LogP contribution in [0.1, 0.15) is 39.5 Å². The number of ether oxygens (including phenoxy) is 3. The van der Waals surface area contributed by atoms with E-state index in [4.69, 9.17) is 19.9 Å². The Balaban J connectivity index is 1.71. The summed E-state index contributed by atoms with van der Waals surface area (Å²) in [5, 5.41) is 0.417. The van der Waals surface area contributed by atoms with Gasteiger partial charge >= 0.3 is 5.97 Å². The van der Waals surface area contributed by atoms with Gasteiger partial charge in [0, 0.05) is 22.2 Å². The standard InChI is InChI=1S/C40H38N2O5S/c1-4-47-39(44)32-26-42(25-30-17-11-12-18-33(30)46-3)38-34(36(32)43)35(37(48-38)29-19-21-31(45-2)22-20-29)40(41,23-27-13-7-5-8-14-27)24-28-15-9-6-10-16-28/h5-22,26H,4,23-25,41H2,1-3H3. The number of fused-ring (bicyclic) bond motifs is 1. The van der Waals surface area contributed by atoms with Gasteiger partial charge in [-0.05, 0) is 66.8 Å². The van der Waals surface area contributed by atoms with Crippen LogP contribution >= 0.6 is 11.3 Å². The van der Waals surface area contributed by atoms with Gasteiger partial charge in [-0.3, -0.25) is 4.79 Å². The number of rotatable bonds is 12. The third-order valence-electron chi connectivity index (χ3n) is 8.51. The van der Waals surface area contributed by atoms with Crippen LogP contribution in [0.15, 0.2) is 120 Å². The summed E-state index contributed by atoms with van der Waals surface area (Å²) in [6, 6.07) is 35.6. The van der Waals surface area contributed by atoms with Crippen LogP contribution in [0, 0.1) is 0 Å². The van der Waals surface area contributed by atoms with E-state index in [0.717, 1.165) is 27.1 Å². The Labute approximate surface area is 284 Å². The summed E-state index contributed by atoms with van der Waals surface area (Å²) in [7, 11) is 3.26. The summed E-state index contributed by atoms with van der Waals surface area (Å²) in [5.74, 6) is 0.750. The highest BCUT2D eigenvalue weighted by Crippen LogP contribution is 2.45. The van der Waals surface area contributed by atoms with Crippen LogP contribution in [-0.4, -0.2) is 31.4 Å². The molecule has 2 N–H and O–H groups in total. The third-order valence-corrected chi connectivity index (χ3v) is 9.79. The molecule has 0 saturated carbocycles. The van der Waals surface area contributed by atoms with E-state index in [1.807, 2.05) is 89.5 Å². The smallest absolute Gasteiger partial charge is 0.343 e. The molecule has 0 aliphatic rings. The van der Waals surface area contributed by atoms with Gasteiger partial charge in [0.1, 0.15) is 21.9 Å². The fourth-order valence-corrected chi connectivity index (χ4v) is 7.69. The quantitative estimate of drug-likeness (QED) is 0.136. The van der Waals surface area contributed by atoms with Crippen molar-refractivity contribution in [1.82, 2.24) is 4.57 Å². The Morgan fingerprint density at radius 2 is 1.42 bits per heavy atom. The molecular weight excluding hydrogens is 621 g/mol. The van der Waals surface area contributed by atoms with E-state index in [9.17, 15) is 9.59 Å². The minimum Gasteiger partial charge on any atom is -0.497 e. The number of pyridine rings is 1. The molecule has 244 valence electrons. The first-order valence-corrected chi connectivity index (χ1v) is 16.7. The minimum absolute atomic E-state index is 0.0404. The van der Waals surface area contributed by atoms with Gasteiger partial charge in [-0.25, -0.2) is 4.79 Å². The summed E-state index contributed by atoms with van der Waals surface area (Å²) in [5.41, 5.74) is 10.8. The van der Waals surface area contributed by atoms with E-state index in [2.05, 4.69) is 24.3 Å². The Morgan fingerprint density at radius 3 is 2.00 bits per heavy atom. The first-order valence-electron chi connectivity index (χ1n) is 15.9. The van der Waals surface area contributed by atoms with E-state index >= 15 is 0 Å². The number of benzene rings is 4. The van der Waals surface area contributed by atoms with E-state index in [0.29, 0.717) is 46.7 Å². The van der Waals surface area contributed by atoms with Gasteiger partial charge in [0.2, 0.25) is 5.43 Å². The van der Waals surface area contributed by atoms with E-state index < -0.39 is 16.9 Å². The van der Waals surface area contributed by atoms with Crippen LogP contribution in [0.2, 0.25) is 0 Å². The molecule has 0 bridgehead atoms. The van der Waals surface area contributed by atoms with Crippen LogP contribution in [-0.2, 0) is 29.7 Å². The number of hydrogen-bond acceptors (Lipinski definition) is 7. The van der Waals surface area contributed by atoms with Crippen molar-refractivity contribution in [3.8, 4) is 21.9 Å². The first-order chi connectivity index (χ1) is 23.3. The summed E-state index contributed by atoms with van der Waals surface area (Å²) in [6.45, 7) is 2.22. The SMILES string of the molecule is CCOC(=O)c1cn(Cc2ccccc2OC)c2sc(-c3ccc(OC)cc3)c(C(N)(Cc3ccccc3)Cc3ccccc3)c2c1=O. The fraction of sp³-hybridized carbons (Fsp3) is 0.200. The maximum atomic E-state index is 14.7. The molecule has 8 heteroatoms. The average Bonchev–Trinajstić information content (AvgIpc) is 3.53. The largest absolute Gasteiger partial charge is 0.497 e. The molecule has 48 heavy (non-hydrogen) atoms. The zero-order valence-electron chi connectivity index (χ0n) is 27.3. The monoisotopic (exact) mass is 658 g/mol. The van der Waals surface area contributed by atoms with Crippen molar-refractivity contribution in [2.24, 2.45) is 5.73 Å². The van der Waals surface area contributed by atoms with E-state index in [1.54, 1.807) is 27.3 Å². The van der Waals surface area contributed by atoms with Gasteiger partial charge < -0.3 is 24.5 Å². The topological polar surface area (TPSA) is 92.8 Å². The Kier molecular flexibility index (Phi) is 9.75. The average molecular weight is 659 g/mol. The molecular formula is C40H38N2O5S. The van der Waals surface area contributed by atoms with Crippen molar-refractivity contribution < 1.29 is 19.0 Å². The molecule has 0 unspecified atom stereocenters. The van der Waals surface area contributed by atoms with Gasteiger partial charge in [0.05, 0.1) is 38.3 Å². The van der Waals surface area contributed by atoms with Crippen LogP contribution in [0.5, 0.6) is 11.5 Å². The molecule has 0 aliphatic carbocycles. The molecule has 4 aromatic carbocycles. The molecule has 6 aromatic rings. The second-order valence-electron chi connectivity index (χ2n) is 11.7. The number of methoxy groups -OCH3 is 2. The number of para-hydroxylation sites is 1. The summed E-state index contributed by atoms with van der Waals surface area (Å²) >= 11 is 1.49. The van der Waals surface area contributed by atoms with Crippen molar-refractivity contribution in [1.29, 1.82) is 0 Å². The summed E-state index contributed by atoms with van der Waals surface area (Å²) < 4.78 is 18.5. The van der Waals surface area contributed by atoms with Crippen molar-refractivity contribution in [3.63, 3.8) is 0 Å². The second-order valence-corrected chi connectivity index (χ2v) is 12.7. The molecule has 2 heterocycles. The number of nitrogens with zero attached hydrogens (tertiary/aromatic N) is 1. The number of hydrogen-bond donors (Lipinski definition) is 1. The number of carbonyl (C=O) groups excluding carboxylic acids is 1. The number of nitrogens with two attached hydrogens (primary N) is 1. The maximum Gasteiger partial charge on any atom is 0.343 e. The molecule has 0 radical (unpaired) electrons. The number of thiophene rings is 1. The van der Waals surface area contributed by atoms with Gasteiger partial charge in [0.15, 0.2) is 0 Å². The highest BCUT2D eigenvalue weighted by atomic mass is 32.1. The van der Waals surface area contributed by atoms with E-state index in [1.165, 1.54) is 11.3 Å². The van der Waals surface area contributed by atoms with Gasteiger partial charge in [0.25, 0.3) is 0 Å². The second kappa shape index (κ2) is 14.3. The molecule has 0 amide bonds. The number of carbonyl (C=O) groups is 1. The molecule has 2 aromatic heterocycles. The van der Waals surface area contributed by atoms with Crippen molar-refractivity contribution in [3.05, 3.63) is 153 Å². The van der Waals surface area contributed by atoms with Crippen LogP contribution < -0.4 is 20.6 Å². The zero-order chi connectivity index (χ0) is 33.7. The minimum atomic E-state index is -1.05. The lowest BCUT2D eigenvalue weighted by molar-refractivity contribution is 0.0524. The summed E-state index contributed by atoms with van der Waals surface area (Å²) in [4.78, 5) is 29.7. The molecule has 0 atom stereocenters. The van der Waals surface area contributed by atoms with Gasteiger partial charge in [-0.15, -0.1) is 11.3 Å². The third kappa shape index (κ3) is 6.63. The highest BCUT2D eigenvalue weighted by molar-refractivity contribution is 7.22. The molecule has 6 rings (SSSR count). The zero-order valence-corrected chi connectivity index (χ0v) is 28.1. The Hall–Kier alpha value is -5.18. The number of aromatic nitrogens is 1. The van der Waals surface area contributed by atoms with Crippen molar-refractivity contribution >= 4 is 27.5 Å². The maximum absolute atomic E-state index is 14.7. The number of esters is 1. The Bertz CT molecular complexity index is 2050. The fourth-order valence-electron chi connectivity index (χ4n) is 6.31. The predicted octanol–water partition coefficient (Wildman–Crippen LogP) is 7.61. The van der Waals surface area contributed by atoms with Gasteiger partial charge in [-0.1, -0.05) is 78.9 Å². The van der Waals surface area contributed by atoms with E-state index in [-0.39, 0.29) is 12.2 Å². The molecule has 0 fully saturated rings. The lowest BCUT2D eigenvalue weighted by Crippen LogP contribution is -2.42. The highest BCUT2D eigenvalue weighted by Gasteiger charge is 2.37. The molecule has 0 spiro atoms. The van der Waals surface area contributed by atoms with Crippen LogP contribution in [0.4, 0.5) is 0 Å². The first kappa shape index (κ1) is 32.7. The predicted molar refractivity (Wildman–Crippen MR) is 192 cm³/mol. The molecule has 0 aliphatic heterocycles. The van der Waals surface area contributed by atoms with Crippen molar-refractivity contribution in [2.45, 2.75) is 31.8 Å². The lowest BCUT2D eigenvalue weighted by atomic mass is 9.77. The van der Waals surface area contributed by atoms with Crippen LogP contribution in [0.3, 0.4) is 0 Å². The molecule has 7 nitrogen and oxygen atoms in total. The van der Waals surface area contributed by atoms with Gasteiger partial charge in [-0.2, -0.15) is 0 Å². The molecule has 0 saturated heterocycles.